The second kappa shape index (κ2) is 9.60. The number of hydrogen-bond acceptors (Lipinski definition) is 4. The molecule has 1 aliphatic rings. The second-order valence-electron chi connectivity index (χ2n) is 7.11. The molecule has 154 valence electrons. The van der Waals surface area contributed by atoms with Gasteiger partial charge < -0.3 is 20.7 Å². The summed E-state index contributed by atoms with van der Waals surface area (Å²) in [5, 5.41) is 9.08. The van der Waals surface area contributed by atoms with Crippen LogP contribution < -0.4 is 20.7 Å². The van der Waals surface area contributed by atoms with Crippen molar-refractivity contribution in [3.05, 3.63) is 52.8 Å². The van der Waals surface area contributed by atoms with Crippen LogP contribution in [0.3, 0.4) is 0 Å². The first-order valence-electron chi connectivity index (χ1n) is 9.63. The van der Waals surface area contributed by atoms with E-state index in [1.165, 1.54) is 0 Å². The molecule has 1 fully saturated rings. The van der Waals surface area contributed by atoms with Crippen LogP contribution in [0.5, 0.6) is 5.75 Å². The first kappa shape index (κ1) is 20.9. The molecule has 7 nitrogen and oxygen atoms in total. The van der Waals surface area contributed by atoms with E-state index in [9.17, 15) is 9.59 Å². The zero-order valence-electron chi connectivity index (χ0n) is 16.5. The number of aryl methyl sites for hydroxylation is 1. The number of anilines is 1. The van der Waals surface area contributed by atoms with Crippen LogP contribution in [0.4, 0.5) is 10.5 Å². The van der Waals surface area contributed by atoms with E-state index in [0.29, 0.717) is 22.2 Å². The number of nitrogens with zero attached hydrogens (tertiary/aromatic N) is 1. The van der Waals surface area contributed by atoms with E-state index < -0.39 is 0 Å². The van der Waals surface area contributed by atoms with Crippen LogP contribution in [-0.2, 0) is 0 Å². The third kappa shape index (κ3) is 5.84. The molecule has 0 radical (unpaired) electrons. The average molecular weight is 417 g/mol. The smallest absolute Gasteiger partial charge is 0.319 e. The minimum atomic E-state index is -0.245. The zero-order chi connectivity index (χ0) is 20.8. The quantitative estimate of drug-likeness (QED) is 0.688. The van der Waals surface area contributed by atoms with Gasteiger partial charge in [0, 0.05) is 36.1 Å². The Bertz CT molecular complexity index is 882. The number of rotatable bonds is 5. The molecule has 0 aliphatic heterocycles. The van der Waals surface area contributed by atoms with Crippen molar-refractivity contribution < 1.29 is 14.3 Å². The maximum Gasteiger partial charge on any atom is 0.319 e. The summed E-state index contributed by atoms with van der Waals surface area (Å²) in [4.78, 5) is 28.0. The Balaban J connectivity index is 1.46. The molecular weight excluding hydrogens is 392 g/mol. The fourth-order valence-corrected chi connectivity index (χ4v) is 3.45. The van der Waals surface area contributed by atoms with Crippen LogP contribution in [0.2, 0.25) is 5.02 Å². The van der Waals surface area contributed by atoms with Crippen molar-refractivity contribution >= 4 is 29.2 Å². The van der Waals surface area contributed by atoms with Crippen LogP contribution in [0.15, 0.2) is 36.5 Å². The SMILES string of the molecule is CNC(=O)c1cc(O[C@H]2CC[C@H](NC(=O)Nc3ccc(Cl)c(C)c3)CC2)ccn1. The monoisotopic (exact) mass is 416 g/mol. The highest BCUT2D eigenvalue weighted by atomic mass is 35.5. The second-order valence-corrected chi connectivity index (χ2v) is 7.52. The van der Waals surface area contributed by atoms with Crippen molar-refractivity contribution in [2.75, 3.05) is 12.4 Å². The third-order valence-electron chi connectivity index (χ3n) is 4.92. The number of carbonyl (C=O) groups excluding carboxylic acids is 2. The number of urea groups is 1. The Morgan fingerprint density at radius 3 is 2.59 bits per heavy atom. The highest BCUT2D eigenvalue weighted by molar-refractivity contribution is 6.31. The maximum atomic E-state index is 12.2. The van der Waals surface area contributed by atoms with Crippen molar-refractivity contribution in [2.45, 2.75) is 44.8 Å². The molecule has 3 N–H and O–H groups in total. The van der Waals surface area contributed by atoms with E-state index in [2.05, 4.69) is 20.9 Å². The summed E-state index contributed by atoms with van der Waals surface area (Å²) < 4.78 is 6.00. The Morgan fingerprint density at radius 2 is 1.90 bits per heavy atom. The van der Waals surface area contributed by atoms with Gasteiger partial charge in [-0.1, -0.05) is 11.6 Å². The van der Waals surface area contributed by atoms with Gasteiger partial charge in [0.15, 0.2) is 0 Å². The molecule has 1 aliphatic carbocycles. The van der Waals surface area contributed by atoms with Crippen LogP contribution >= 0.6 is 11.6 Å². The van der Waals surface area contributed by atoms with Gasteiger partial charge in [0.2, 0.25) is 0 Å². The van der Waals surface area contributed by atoms with Gasteiger partial charge >= 0.3 is 6.03 Å². The van der Waals surface area contributed by atoms with Crippen LogP contribution in [0.1, 0.15) is 41.7 Å². The van der Waals surface area contributed by atoms with Crippen molar-refractivity contribution in [1.82, 2.24) is 15.6 Å². The molecule has 0 spiro atoms. The van der Waals surface area contributed by atoms with Gasteiger partial charge in [0.1, 0.15) is 11.4 Å². The van der Waals surface area contributed by atoms with Crippen LogP contribution in [-0.4, -0.2) is 36.1 Å². The highest BCUT2D eigenvalue weighted by Crippen LogP contribution is 2.24. The van der Waals surface area contributed by atoms with Gasteiger partial charge in [0.05, 0.1) is 6.10 Å². The maximum absolute atomic E-state index is 12.2. The molecule has 0 unspecified atom stereocenters. The highest BCUT2D eigenvalue weighted by Gasteiger charge is 2.24. The average Bonchev–Trinajstić information content (AvgIpc) is 2.72. The molecule has 29 heavy (non-hydrogen) atoms. The van der Waals surface area contributed by atoms with Crippen molar-refractivity contribution in [2.24, 2.45) is 0 Å². The molecule has 3 rings (SSSR count). The third-order valence-corrected chi connectivity index (χ3v) is 5.34. The van der Waals surface area contributed by atoms with E-state index in [0.717, 1.165) is 31.2 Å². The predicted molar refractivity (Wildman–Crippen MR) is 113 cm³/mol. The van der Waals surface area contributed by atoms with Gasteiger partial charge in [-0.15, -0.1) is 0 Å². The van der Waals surface area contributed by atoms with Crippen LogP contribution in [0.25, 0.3) is 0 Å². The number of aromatic nitrogens is 1. The Kier molecular flexibility index (Phi) is 6.93. The summed E-state index contributed by atoms with van der Waals surface area (Å²) in [6.45, 7) is 1.90. The van der Waals surface area contributed by atoms with E-state index >= 15 is 0 Å². The number of benzene rings is 1. The minimum absolute atomic E-state index is 0.0509. The first-order chi connectivity index (χ1) is 13.9. The molecule has 8 heteroatoms. The molecular formula is C21H25ClN4O3. The van der Waals surface area contributed by atoms with E-state index in [-0.39, 0.29) is 24.1 Å². The van der Waals surface area contributed by atoms with E-state index in [4.69, 9.17) is 16.3 Å². The summed E-state index contributed by atoms with van der Waals surface area (Å²) >= 11 is 6.01. The molecule has 1 aromatic carbocycles. The lowest BCUT2D eigenvalue weighted by molar-refractivity contribution is 0.0956. The van der Waals surface area contributed by atoms with Gasteiger partial charge in [-0.2, -0.15) is 0 Å². The fraction of sp³-hybridized carbons (Fsp3) is 0.381. The molecule has 2 aromatic rings. The topological polar surface area (TPSA) is 92.4 Å². The Hall–Kier alpha value is -2.80. The summed E-state index contributed by atoms with van der Waals surface area (Å²) in [7, 11) is 1.57. The molecule has 1 saturated carbocycles. The van der Waals surface area contributed by atoms with E-state index in [1.807, 2.05) is 13.0 Å². The molecule has 0 atom stereocenters. The fourth-order valence-electron chi connectivity index (χ4n) is 3.33. The number of carbonyl (C=O) groups is 2. The summed E-state index contributed by atoms with van der Waals surface area (Å²) in [6, 6.07) is 8.66. The van der Waals surface area contributed by atoms with Crippen LogP contribution in [0, 0.1) is 6.92 Å². The first-order valence-corrected chi connectivity index (χ1v) is 10.0. The van der Waals surface area contributed by atoms with Gasteiger partial charge in [-0.3, -0.25) is 9.78 Å². The lowest BCUT2D eigenvalue weighted by Gasteiger charge is -2.29. The normalized spacial score (nSPS) is 18.6. The summed E-state index contributed by atoms with van der Waals surface area (Å²) in [5.74, 6) is 0.385. The van der Waals surface area contributed by atoms with E-state index in [1.54, 1.807) is 37.5 Å². The van der Waals surface area contributed by atoms with Crippen molar-refractivity contribution in [3.63, 3.8) is 0 Å². The van der Waals surface area contributed by atoms with Crippen molar-refractivity contribution in [3.8, 4) is 5.75 Å². The largest absolute Gasteiger partial charge is 0.490 e. The lowest BCUT2D eigenvalue weighted by atomic mass is 9.93. The van der Waals surface area contributed by atoms with Gasteiger partial charge in [-0.25, -0.2) is 4.79 Å². The number of hydrogen-bond donors (Lipinski definition) is 3. The summed E-state index contributed by atoms with van der Waals surface area (Å²) in [5.41, 5.74) is 1.96. The number of halogens is 1. The number of ether oxygens (including phenoxy) is 1. The zero-order valence-corrected chi connectivity index (χ0v) is 17.3. The molecule has 3 amide bonds. The van der Waals surface area contributed by atoms with Gasteiger partial charge in [-0.05, 0) is 62.4 Å². The minimum Gasteiger partial charge on any atom is -0.490 e. The number of amides is 3. The standard InChI is InChI=1S/C21H25ClN4O3/c1-13-11-15(5-8-18(13)22)26-21(28)25-14-3-6-16(7-4-14)29-17-9-10-24-19(12-17)20(27)23-2/h5,8-12,14,16H,3-4,6-7H2,1-2H3,(H,23,27)(H2,25,26,28)/t14-,16-. The van der Waals surface area contributed by atoms with Crippen molar-refractivity contribution in [1.29, 1.82) is 0 Å². The molecule has 1 heterocycles. The molecule has 1 aromatic heterocycles. The number of nitrogens with one attached hydrogen (secondary N) is 3. The lowest BCUT2D eigenvalue weighted by Crippen LogP contribution is -2.41. The predicted octanol–water partition coefficient (Wildman–Crippen LogP) is 3.91. The van der Waals surface area contributed by atoms with Gasteiger partial charge in [0.25, 0.3) is 5.91 Å². The summed E-state index contributed by atoms with van der Waals surface area (Å²) in [6.07, 6.45) is 4.91. The Labute approximate surface area is 175 Å². The Morgan fingerprint density at radius 1 is 1.14 bits per heavy atom. The molecule has 0 bridgehead atoms. The molecule has 0 saturated heterocycles. The number of pyridine rings is 1.